The van der Waals surface area contributed by atoms with Gasteiger partial charge in [-0.1, -0.05) is 52.4 Å². The molecule has 21 heavy (non-hydrogen) atoms. The van der Waals surface area contributed by atoms with Gasteiger partial charge in [-0.25, -0.2) is 0 Å². The van der Waals surface area contributed by atoms with E-state index in [4.69, 9.17) is 8.85 Å². The molecule has 0 saturated heterocycles. The van der Waals surface area contributed by atoms with Gasteiger partial charge in [0.05, 0.1) is 0 Å². The van der Waals surface area contributed by atoms with Crippen LogP contribution in [0.25, 0.3) is 0 Å². The van der Waals surface area contributed by atoms with E-state index in [0.717, 1.165) is 36.1 Å². The highest BCUT2D eigenvalue weighted by Crippen LogP contribution is 2.53. The Labute approximate surface area is 133 Å². The third-order valence-corrected chi connectivity index (χ3v) is 11.3. The minimum Gasteiger partial charge on any atom is -0.394 e. The molecule has 2 aliphatic carbocycles. The van der Waals surface area contributed by atoms with Crippen LogP contribution in [0.5, 0.6) is 0 Å². The Bertz CT molecular complexity index is 278. The fourth-order valence-electron chi connectivity index (χ4n) is 5.02. The topological polar surface area (TPSA) is 18.5 Å². The van der Waals surface area contributed by atoms with Crippen LogP contribution in [-0.4, -0.2) is 21.8 Å². The molecule has 2 rings (SSSR count). The first-order valence-electron chi connectivity index (χ1n) is 9.43. The maximum atomic E-state index is 6.61. The van der Waals surface area contributed by atoms with Gasteiger partial charge in [0.1, 0.15) is 0 Å². The summed E-state index contributed by atoms with van der Waals surface area (Å²) in [5, 5.41) is 0. The molecule has 2 nitrogen and oxygen atoms in total. The van der Waals surface area contributed by atoms with Crippen molar-refractivity contribution in [1.29, 1.82) is 0 Å². The van der Waals surface area contributed by atoms with Crippen LogP contribution in [-0.2, 0) is 8.85 Å². The van der Waals surface area contributed by atoms with Gasteiger partial charge in [0.25, 0.3) is 0 Å². The van der Waals surface area contributed by atoms with E-state index in [2.05, 4.69) is 27.7 Å². The van der Waals surface area contributed by atoms with Crippen molar-refractivity contribution in [1.82, 2.24) is 0 Å². The lowest BCUT2D eigenvalue weighted by Gasteiger charge is -2.49. The summed E-state index contributed by atoms with van der Waals surface area (Å²) in [6.45, 7) is 10.9. The molecule has 0 spiro atoms. The summed E-state index contributed by atoms with van der Waals surface area (Å²) in [5.41, 5.74) is 1.44. The van der Waals surface area contributed by atoms with Crippen molar-refractivity contribution in [3.05, 3.63) is 0 Å². The summed E-state index contributed by atoms with van der Waals surface area (Å²) in [6, 6.07) is 0. The van der Waals surface area contributed by atoms with E-state index in [1.807, 2.05) is 0 Å². The van der Waals surface area contributed by atoms with Crippen LogP contribution < -0.4 is 0 Å². The van der Waals surface area contributed by atoms with Crippen LogP contribution in [0.3, 0.4) is 0 Å². The Kier molecular flexibility index (Phi) is 6.76. The Morgan fingerprint density at radius 1 is 0.714 bits per heavy atom. The van der Waals surface area contributed by atoms with Crippen LogP contribution in [0.4, 0.5) is 0 Å². The molecule has 0 N–H and O–H groups in total. The second-order valence-electron chi connectivity index (χ2n) is 7.32. The summed E-state index contributed by atoms with van der Waals surface area (Å²) in [5.74, 6) is 1.58. The summed E-state index contributed by atoms with van der Waals surface area (Å²) in [7, 11) is -2.12. The summed E-state index contributed by atoms with van der Waals surface area (Å²) >= 11 is 0. The average Bonchev–Trinajstić information content (AvgIpc) is 2.48. The molecule has 2 aliphatic rings. The van der Waals surface area contributed by atoms with Gasteiger partial charge in [-0.15, -0.1) is 0 Å². The molecule has 3 heteroatoms. The Hall–Kier alpha value is 0.137. The van der Waals surface area contributed by atoms with E-state index in [-0.39, 0.29) is 0 Å². The fraction of sp³-hybridized carbons (Fsp3) is 1.00. The van der Waals surface area contributed by atoms with Crippen LogP contribution in [0.15, 0.2) is 0 Å². The standard InChI is InChI=1S/C18H36O2Si/c1-5-19-21(20-6-2,17-13-9-7-11-15(17)3)18-14-10-8-12-16(18)4/h15-18H,5-14H2,1-4H3. The van der Waals surface area contributed by atoms with Crippen LogP contribution >= 0.6 is 0 Å². The molecule has 124 valence electrons. The zero-order valence-corrected chi connectivity index (χ0v) is 15.7. The Morgan fingerprint density at radius 2 is 1.10 bits per heavy atom. The van der Waals surface area contributed by atoms with E-state index in [1.54, 1.807) is 0 Å². The molecule has 0 heterocycles. The first-order valence-corrected chi connectivity index (χ1v) is 11.4. The van der Waals surface area contributed by atoms with Gasteiger partial charge in [-0.2, -0.15) is 0 Å². The third kappa shape index (κ3) is 3.73. The largest absolute Gasteiger partial charge is 0.394 e. The molecule has 4 unspecified atom stereocenters. The SMILES string of the molecule is CCO[Si](OCC)(C1CCCCC1C)C1CCCCC1C. The molecule has 0 amide bonds. The van der Waals surface area contributed by atoms with Gasteiger partial charge in [0.2, 0.25) is 0 Å². The number of rotatable bonds is 6. The van der Waals surface area contributed by atoms with E-state index in [1.165, 1.54) is 51.4 Å². The van der Waals surface area contributed by atoms with Crippen molar-refractivity contribution >= 4 is 8.56 Å². The molecule has 2 fully saturated rings. The molecule has 2 saturated carbocycles. The predicted molar refractivity (Wildman–Crippen MR) is 91.8 cm³/mol. The Morgan fingerprint density at radius 3 is 1.43 bits per heavy atom. The van der Waals surface area contributed by atoms with E-state index >= 15 is 0 Å². The van der Waals surface area contributed by atoms with Crippen LogP contribution in [0.1, 0.15) is 79.1 Å². The van der Waals surface area contributed by atoms with E-state index < -0.39 is 8.56 Å². The van der Waals surface area contributed by atoms with Crippen molar-refractivity contribution < 1.29 is 8.85 Å². The van der Waals surface area contributed by atoms with Gasteiger partial charge in [-0.3, -0.25) is 0 Å². The van der Waals surface area contributed by atoms with Crippen molar-refractivity contribution in [3.63, 3.8) is 0 Å². The smallest absolute Gasteiger partial charge is 0.345 e. The first-order chi connectivity index (χ1) is 10.2. The minimum absolute atomic E-state index is 0.719. The molecular weight excluding hydrogens is 276 g/mol. The third-order valence-electron chi connectivity index (χ3n) is 6.00. The zero-order chi connectivity index (χ0) is 15.3. The monoisotopic (exact) mass is 312 g/mol. The number of hydrogen-bond acceptors (Lipinski definition) is 2. The average molecular weight is 313 g/mol. The minimum atomic E-state index is -2.12. The summed E-state index contributed by atoms with van der Waals surface area (Å²) in [4.78, 5) is 0. The van der Waals surface area contributed by atoms with Gasteiger partial charge in [0.15, 0.2) is 0 Å². The fourth-order valence-corrected chi connectivity index (χ4v) is 10.5. The Balaban J connectivity index is 2.30. The zero-order valence-electron chi connectivity index (χ0n) is 14.7. The maximum Gasteiger partial charge on any atom is 0.345 e. The highest BCUT2D eigenvalue weighted by Gasteiger charge is 2.55. The highest BCUT2D eigenvalue weighted by molar-refractivity contribution is 6.70. The molecule has 0 aromatic carbocycles. The van der Waals surface area contributed by atoms with Crippen molar-refractivity contribution in [2.75, 3.05) is 13.2 Å². The van der Waals surface area contributed by atoms with E-state index in [9.17, 15) is 0 Å². The van der Waals surface area contributed by atoms with Crippen molar-refractivity contribution in [3.8, 4) is 0 Å². The lowest BCUT2D eigenvalue weighted by atomic mass is 9.89. The van der Waals surface area contributed by atoms with Crippen molar-refractivity contribution in [2.45, 2.75) is 90.1 Å². The molecule has 0 aliphatic heterocycles. The molecule has 0 radical (unpaired) electrons. The first kappa shape index (κ1) is 17.5. The summed E-state index contributed by atoms with van der Waals surface area (Å²) < 4.78 is 13.2. The second-order valence-corrected chi connectivity index (χ2v) is 10.8. The molecule has 0 aromatic rings. The van der Waals surface area contributed by atoms with Gasteiger partial charge >= 0.3 is 8.56 Å². The van der Waals surface area contributed by atoms with Crippen LogP contribution in [0, 0.1) is 11.8 Å². The normalized spacial score (nSPS) is 34.9. The van der Waals surface area contributed by atoms with Gasteiger partial charge in [-0.05, 0) is 38.5 Å². The number of hydrogen-bond donors (Lipinski definition) is 0. The molecule has 0 bridgehead atoms. The molecular formula is C18H36O2Si. The summed E-state index contributed by atoms with van der Waals surface area (Å²) in [6.07, 6.45) is 11.0. The maximum absolute atomic E-state index is 6.61. The van der Waals surface area contributed by atoms with E-state index in [0.29, 0.717) is 0 Å². The lowest BCUT2D eigenvalue weighted by Crippen LogP contribution is -2.55. The van der Waals surface area contributed by atoms with Gasteiger partial charge < -0.3 is 8.85 Å². The second kappa shape index (κ2) is 8.12. The lowest BCUT2D eigenvalue weighted by molar-refractivity contribution is 0.126. The van der Waals surface area contributed by atoms with Crippen LogP contribution in [0.2, 0.25) is 11.1 Å². The molecule has 0 aromatic heterocycles. The predicted octanol–water partition coefficient (Wildman–Crippen LogP) is 5.66. The van der Waals surface area contributed by atoms with Gasteiger partial charge in [0, 0.05) is 24.3 Å². The highest BCUT2D eigenvalue weighted by atomic mass is 28.4. The quantitative estimate of drug-likeness (QED) is 0.589. The van der Waals surface area contributed by atoms with Crippen molar-refractivity contribution in [2.24, 2.45) is 11.8 Å². The molecule has 4 atom stereocenters.